The van der Waals surface area contributed by atoms with Crippen LogP contribution in [0.15, 0.2) is 36.4 Å². The van der Waals surface area contributed by atoms with Gasteiger partial charge in [-0.25, -0.2) is 9.50 Å². The number of hydrogen-bond acceptors (Lipinski definition) is 5. The fourth-order valence-corrected chi connectivity index (χ4v) is 3.20. The molecular formula is C18H20N6O. The van der Waals surface area contributed by atoms with E-state index in [-0.39, 0.29) is 11.7 Å². The number of aryl methyl sites for hydroxylation is 2. The lowest BCUT2D eigenvalue weighted by molar-refractivity contribution is 0.0734. The predicted octanol–water partition coefficient (Wildman–Crippen LogP) is 1.70. The number of nitrogens with zero attached hydrogens (tertiary/aromatic N) is 6. The van der Waals surface area contributed by atoms with E-state index in [4.69, 9.17) is 0 Å². The molecule has 0 aliphatic carbocycles. The number of anilines is 1. The molecule has 1 aromatic carbocycles. The number of piperazine rings is 1. The number of para-hydroxylation sites is 1. The van der Waals surface area contributed by atoms with Crippen molar-refractivity contribution in [3.63, 3.8) is 0 Å². The van der Waals surface area contributed by atoms with Crippen molar-refractivity contribution in [3.05, 3.63) is 53.6 Å². The van der Waals surface area contributed by atoms with Gasteiger partial charge in [0.25, 0.3) is 11.7 Å². The Morgan fingerprint density at radius 2 is 1.72 bits per heavy atom. The first-order chi connectivity index (χ1) is 12.1. The van der Waals surface area contributed by atoms with Gasteiger partial charge in [-0.05, 0) is 32.0 Å². The summed E-state index contributed by atoms with van der Waals surface area (Å²) < 4.78 is 1.63. The largest absolute Gasteiger partial charge is 0.368 e. The zero-order chi connectivity index (χ0) is 17.4. The molecule has 1 aliphatic rings. The molecule has 1 fully saturated rings. The third-order valence-electron chi connectivity index (χ3n) is 4.50. The van der Waals surface area contributed by atoms with Crippen LogP contribution in [0.4, 0.5) is 5.69 Å². The molecule has 1 aliphatic heterocycles. The van der Waals surface area contributed by atoms with Gasteiger partial charge in [-0.1, -0.05) is 18.2 Å². The number of rotatable bonds is 2. The lowest BCUT2D eigenvalue weighted by atomic mass is 10.2. The van der Waals surface area contributed by atoms with Crippen LogP contribution < -0.4 is 4.90 Å². The van der Waals surface area contributed by atoms with Crippen LogP contribution in [0.5, 0.6) is 0 Å². The summed E-state index contributed by atoms with van der Waals surface area (Å²) in [6, 6.07) is 12.2. The summed E-state index contributed by atoms with van der Waals surface area (Å²) in [4.78, 5) is 25.5. The highest BCUT2D eigenvalue weighted by Gasteiger charge is 2.25. The standard InChI is InChI=1S/C18H20N6O/c1-13-12-14(2)24-18(19-13)20-16(21-24)17(25)23-10-8-22(9-11-23)15-6-4-3-5-7-15/h3-7,12H,8-11H2,1-2H3. The van der Waals surface area contributed by atoms with Gasteiger partial charge in [0.1, 0.15) is 0 Å². The van der Waals surface area contributed by atoms with Crippen molar-refractivity contribution in [2.24, 2.45) is 0 Å². The lowest BCUT2D eigenvalue weighted by Gasteiger charge is -2.35. The second kappa shape index (κ2) is 6.16. The summed E-state index contributed by atoms with van der Waals surface area (Å²) in [6.45, 7) is 6.78. The van der Waals surface area contributed by atoms with E-state index in [1.807, 2.05) is 43.0 Å². The van der Waals surface area contributed by atoms with E-state index < -0.39 is 0 Å². The number of amides is 1. The molecule has 0 spiro atoms. The average Bonchev–Trinajstić information content (AvgIpc) is 3.06. The Morgan fingerprint density at radius 3 is 2.44 bits per heavy atom. The molecule has 0 atom stereocenters. The summed E-state index contributed by atoms with van der Waals surface area (Å²) in [6.07, 6.45) is 0. The maximum Gasteiger partial charge on any atom is 0.293 e. The van der Waals surface area contributed by atoms with Gasteiger partial charge in [0, 0.05) is 43.3 Å². The van der Waals surface area contributed by atoms with E-state index in [2.05, 4.69) is 32.1 Å². The first-order valence-corrected chi connectivity index (χ1v) is 8.42. The molecule has 0 bridgehead atoms. The van der Waals surface area contributed by atoms with Crippen LogP contribution in [0.1, 0.15) is 22.0 Å². The van der Waals surface area contributed by atoms with E-state index in [9.17, 15) is 4.79 Å². The van der Waals surface area contributed by atoms with Crippen molar-refractivity contribution >= 4 is 17.4 Å². The van der Waals surface area contributed by atoms with E-state index in [1.165, 1.54) is 5.69 Å². The smallest absolute Gasteiger partial charge is 0.293 e. The Labute approximate surface area is 145 Å². The molecule has 0 unspecified atom stereocenters. The molecule has 0 N–H and O–H groups in total. The number of hydrogen-bond donors (Lipinski definition) is 0. The molecule has 128 valence electrons. The molecular weight excluding hydrogens is 316 g/mol. The topological polar surface area (TPSA) is 66.6 Å². The highest BCUT2D eigenvalue weighted by molar-refractivity contribution is 5.91. The lowest BCUT2D eigenvalue weighted by Crippen LogP contribution is -2.49. The van der Waals surface area contributed by atoms with E-state index in [0.29, 0.717) is 18.9 Å². The SMILES string of the molecule is Cc1cc(C)n2nc(C(=O)N3CCN(c4ccccc4)CC3)nc2n1. The van der Waals surface area contributed by atoms with Crippen molar-refractivity contribution in [2.45, 2.75) is 13.8 Å². The number of benzene rings is 1. The molecule has 1 amide bonds. The highest BCUT2D eigenvalue weighted by Crippen LogP contribution is 2.16. The van der Waals surface area contributed by atoms with Gasteiger partial charge in [-0.2, -0.15) is 4.98 Å². The van der Waals surface area contributed by atoms with Crippen LogP contribution in [0.3, 0.4) is 0 Å². The maximum atomic E-state index is 12.8. The van der Waals surface area contributed by atoms with Gasteiger partial charge in [-0.3, -0.25) is 4.79 Å². The molecule has 3 aromatic rings. The Bertz CT molecular complexity index is 912. The number of aromatic nitrogens is 4. The van der Waals surface area contributed by atoms with Crippen molar-refractivity contribution in [3.8, 4) is 0 Å². The van der Waals surface area contributed by atoms with Crippen molar-refractivity contribution in [2.75, 3.05) is 31.1 Å². The molecule has 7 heteroatoms. The number of carbonyl (C=O) groups excluding carboxylic acids is 1. The third kappa shape index (κ3) is 2.93. The fourth-order valence-electron chi connectivity index (χ4n) is 3.20. The van der Waals surface area contributed by atoms with Crippen molar-refractivity contribution < 1.29 is 4.79 Å². The highest BCUT2D eigenvalue weighted by atomic mass is 16.2. The van der Waals surface area contributed by atoms with Gasteiger partial charge < -0.3 is 9.80 Å². The van der Waals surface area contributed by atoms with Crippen molar-refractivity contribution in [1.82, 2.24) is 24.5 Å². The molecule has 0 saturated carbocycles. The fraction of sp³-hybridized carbons (Fsp3) is 0.333. The number of fused-ring (bicyclic) bond motifs is 1. The summed E-state index contributed by atoms with van der Waals surface area (Å²) in [5.74, 6) is 0.563. The Balaban J connectivity index is 1.50. The van der Waals surface area contributed by atoms with Gasteiger partial charge in [0.2, 0.25) is 5.82 Å². The first-order valence-electron chi connectivity index (χ1n) is 8.42. The minimum atomic E-state index is -0.129. The maximum absolute atomic E-state index is 12.8. The van der Waals surface area contributed by atoms with E-state index >= 15 is 0 Å². The predicted molar refractivity (Wildman–Crippen MR) is 94.8 cm³/mol. The zero-order valence-corrected chi connectivity index (χ0v) is 14.4. The minimum absolute atomic E-state index is 0.129. The Morgan fingerprint density at radius 1 is 1.00 bits per heavy atom. The molecule has 0 radical (unpaired) electrons. The van der Waals surface area contributed by atoms with Crippen LogP contribution in [-0.2, 0) is 0 Å². The zero-order valence-electron chi connectivity index (χ0n) is 14.4. The van der Waals surface area contributed by atoms with Gasteiger partial charge in [-0.15, -0.1) is 5.10 Å². The third-order valence-corrected chi connectivity index (χ3v) is 4.50. The van der Waals surface area contributed by atoms with Gasteiger partial charge >= 0.3 is 0 Å². The van der Waals surface area contributed by atoms with Crippen LogP contribution in [0, 0.1) is 13.8 Å². The summed E-state index contributed by atoms with van der Waals surface area (Å²) >= 11 is 0. The summed E-state index contributed by atoms with van der Waals surface area (Å²) in [5.41, 5.74) is 2.98. The second-order valence-corrected chi connectivity index (χ2v) is 6.30. The number of carbonyl (C=O) groups is 1. The quantitative estimate of drug-likeness (QED) is 0.713. The van der Waals surface area contributed by atoms with E-state index in [0.717, 1.165) is 24.5 Å². The second-order valence-electron chi connectivity index (χ2n) is 6.30. The van der Waals surface area contributed by atoms with Crippen LogP contribution >= 0.6 is 0 Å². The van der Waals surface area contributed by atoms with Gasteiger partial charge in [0.05, 0.1) is 0 Å². The molecule has 25 heavy (non-hydrogen) atoms. The monoisotopic (exact) mass is 336 g/mol. The molecule has 2 aromatic heterocycles. The molecule has 4 rings (SSSR count). The van der Waals surface area contributed by atoms with Crippen molar-refractivity contribution in [1.29, 1.82) is 0 Å². The Hall–Kier alpha value is -2.96. The molecule has 1 saturated heterocycles. The van der Waals surface area contributed by atoms with Crippen LogP contribution in [-0.4, -0.2) is 56.6 Å². The normalized spacial score (nSPS) is 15.0. The summed E-state index contributed by atoms with van der Waals surface area (Å²) in [7, 11) is 0. The molecule has 7 nitrogen and oxygen atoms in total. The molecule has 3 heterocycles. The summed E-state index contributed by atoms with van der Waals surface area (Å²) in [5, 5.41) is 4.34. The van der Waals surface area contributed by atoms with E-state index in [1.54, 1.807) is 4.52 Å². The first kappa shape index (κ1) is 15.6. The minimum Gasteiger partial charge on any atom is -0.368 e. The van der Waals surface area contributed by atoms with Crippen LogP contribution in [0.2, 0.25) is 0 Å². The average molecular weight is 336 g/mol. The van der Waals surface area contributed by atoms with Crippen LogP contribution in [0.25, 0.3) is 5.78 Å². The Kier molecular flexibility index (Phi) is 3.83. The van der Waals surface area contributed by atoms with Gasteiger partial charge in [0.15, 0.2) is 0 Å².